The third-order valence-corrected chi connectivity index (χ3v) is 6.47. The van der Waals surface area contributed by atoms with Gasteiger partial charge in [-0.1, -0.05) is 160 Å². The van der Waals surface area contributed by atoms with E-state index in [1.165, 1.54) is 32.1 Å². The fourth-order valence-corrected chi connectivity index (χ4v) is 3.21. The van der Waals surface area contributed by atoms with Crippen molar-refractivity contribution in [2.45, 2.75) is 185 Å². The van der Waals surface area contributed by atoms with Crippen LogP contribution in [0.1, 0.15) is 178 Å². The van der Waals surface area contributed by atoms with Crippen molar-refractivity contribution in [3.05, 3.63) is 0 Å². The van der Waals surface area contributed by atoms with Gasteiger partial charge in [-0.25, -0.2) is 0 Å². The molecule has 242 valence electrons. The summed E-state index contributed by atoms with van der Waals surface area (Å²) < 4.78 is 98.6. The summed E-state index contributed by atoms with van der Waals surface area (Å²) in [5, 5.41) is 0. The zero-order valence-corrected chi connectivity index (χ0v) is 27.6. The van der Waals surface area contributed by atoms with Crippen molar-refractivity contribution in [1.29, 1.82) is 0 Å². The molecule has 0 aromatic rings. The van der Waals surface area contributed by atoms with Gasteiger partial charge >= 0.3 is 12.4 Å². The molecule has 0 heterocycles. The van der Waals surface area contributed by atoms with E-state index in [1.807, 2.05) is 48.5 Å². The van der Waals surface area contributed by atoms with Crippen LogP contribution in [0, 0.1) is 29.0 Å². The Balaban J connectivity index is -0.000000218. The third kappa shape index (κ3) is 47.7. The molecule has 39 heavy (non-hydrogen) atoms. The molecule has 0 spiro atoms. The lowest BCUT2D eigenvalue weighted by atomic mass is 9.91. The van der Waals surface area contributed by atoms with Crippen molar-refractivity contribution in [3.8, 4) is 0 Å². The summed E-state index contributed by atoms with van der Waals surface area (Å²) >= 11 is 0. The average Bonchev–Trinajstić information content (AvgIpc) is 3.22. The molecule has 0 bridgehead atoms. The van der Waals surface area contributed by atoms with E-state index in [0.717, 1.165) is 25.7 Å². The van der Waals surface area contributed by atoms with E-state index in [9.17, 15) is 26.3 Å². The summed E-state index contributed by atoms with van der Waals surface area (Å²) in [7, 11) is 0. The van der Waals surface area contributed by atoms with Gasteiger partial charge in [-0.2, -0.15) is 26.3 Å². The molecule has 0 aliphatic heterocycles. The van der Waals surface area contributed by atoms with Gasteiger partial charge in [-0.15, -0.1) is 0 Å². The minimum atomic E-state index is -3.98. The molecule has 2 unspecified atom stereocenters. The van der Waals surface area contributed by atoms with E-state index < -0.39 is 31.6 Å². The molecule has 0 N–H and O–H groups in total. The Morgan fingerprint density at radius 2 is 0.872 bits per heavy atom. The number of halogens is 6. The number of hydrogen-bond acceptors (Lipinski definition) is 0. The lowest BCUT2D eigenvalue weighted by Crippen LogP contribution is -2.12. The molecular weight excluding hydrogens is 510 g/mol. The summed E-state index contributed by atoms with van der Waals surface area (Å²) in [5.74, 6) is -0.590. The van der Waals surface area contributed by atoms with Gasteiger partial charge in [0.1, 0.15) is 0 Å². The third-order valence-electron chi connectivity index (χ3n) is 6.47. The normalized spacial score (nSPS) is 21.2. The van der Waals surface area contributed by atoms with Gasteiger partial charge in [-0.05, 0) is 29.0 Å². The van der Waals surface area contributed by atoms with Crippen LogP contribution in [-0.2, 0) is 0 Å². The second-order valence-corrected chi connectivity index (χ2v) is 11.8. The number of hydrogen-bond donors (Lipinski definition) is 0. The van der Waals surface area contributed by atoms with Gasteiger partial charge in [-0.3, -0.25) is 0 Å². The van der Waals surface area contributed by atoms with Crippen molar-refractivity contribution in [1.82, 2.24) is 0 Å². The van der Waals surface area contributed by atoms with Crippen LogP contribution in [0.3, 0.4) is 0 Å². The molecule has 6 heteroatoms. The highest BCUT2D eigenvalue weighted by Crippen LogP contribution is 2.27. The maximum atomic E-state index is 11.5. The molecule has 0 nitrogen and oxygen atoms in total. The number of rotatable bonds is 4. The monoisotopic (exact) mass is 583 g/mol. The van der Waals surface area contributed by atoms with E-state index >= 15 is 0 Å². The van der Waals surface area contributed by atoms with Crippen molar-refractivity contribution < 1.29 is 31.8 Å². The molecule has 2 fully saturated rings. The predicted molar refractivity (Wildman–Crippen MR) is 161 cm³/mol. The van der Waals surface area contributed by atoms with Gasteiger partial charge in [0.15, 0.2) is 0 Å². The van der Waals surface area contributed by atoms with Crippen LogP contribution in [0.25, 0.3) is 0 Å². The van der Waals surface area contributed by atoms with E-state index in [0.29, 0.717) is 12.8 Å². The Kier molecular flexibility index (Phi) is 24.9. The van der Waals surface area contributed by atoms with Crippen LogP contribution < -0.4 is 0 Å². The largest absolute Gasteiger partial charge is 0.389 e. The first-order valence-corrected chi connectivity index (χ1v) is 15.2. The van der Waals surface area contributed by atoms with Crippen LogP contribution in [0.15, 0.2) is 0 Å². The van der Waals surface area contributed by atoms with Crippen molar-refractivity contribution in [3.63, 3.8) is 0 Å². The quantitative estimate of drug-likeness (QED) is 0.289. The molecule has 0 aromatic heterocycles. The molecule has 0 amide bonds. The zero-order valence-electron chi connectivity index (χ0n) is 31.6. The molecule has 0 saturated heterocycles. The van der Waals surface area contributed by atoms with Crippen LogP contribution >= 0.6 is 0 Å². The first-order chi connectivity index (χ1) is 19.1. The summed E-state index contributed by atoms with van der Waals surface area (Å²) in [4.78, 5) is 0. The van der Waals surface area contributed by atoms with E-state index in [-0.39, 0.29) is 29.0 Å². The molecule has 2 aliphatic carbocycles. The maximum Gasteiger partial charge on any atom is 0.389 e. The Labute approximate surface area is 246 Å². The zero-order chi connectivity index (χ0) is 35.3. The van der Waals surface area contributed by atoms with Gasteiger partial charge in [0.05, 0.1) is 0 Å². The van der Waals surface area contributed by atoms with Crippen LogP contribution in [0.5, 0.6) is 0 Å². The maximum absolute atomic E-state index is 11.5. The van der Waals surface area contributed by atoms with Crippen molar-refractivity contribution in [2.24, 2.45) is 29.0 Å². The van der Waals surface area contributed by atoms with Gasteiger partial charge in [0.2, 0.25) is 0 Å². The highest BCUT2D eigenvalue weighted by molar-refractivity contribution is 4.61. The first-order valence-electron chi connectivity index (χ1n) is 17.2. The van der Waals surface area contributed by atoms with Gasteiger partial charge < -0.3 is 0 Å². The van der Waals surface area contributed by atoms with Gasteiger partial charge in [0.25, 0.3) is 0 Å². The topological polar surface area (TPSA) is 0 Å². The molecule has 0 radical (unpaired) electrons. The first kappa shape index (κ1) is 36.6. The Morgan fingerprint density at radius 1 is 0.641 bits per heavy atom. The summed E-state index contributed by atoms with van der Waals surface area (Å²) in [5.41, 5.74) is -0.229. The Bertz CT molecular complexity index is 583. The predicted octanol–water partition coefficient (Wildman–Crippen LogP) is 14.2. The Hall–Kier alpha value is -0.420. The fourth-order valence-electron chi connectivity index (χ4n) is 3.21. The lowest BCUT2D eigenvalue weighted by molar-refractivity contribution is -0.144. The summed E-state index contributed by atoms with van der Waals surface area (Å²) in [6.45, 7) is 22.1. The highest BCUT2D eigenvalue weighted by Gasteiger charge is 2.29. The number of alkyl halides is 6. The molecule has 2 aliphatic rings. The summed E-state index contributed by atoms with van der Waals surface area (Å²) in [6, 6.07) is 0. The minimum absolute atomic E-state index is 0.0556. The van der Waals surface area contributed by atoms with Gasteiger partial charge in [0, 0.05) is 18.3 Å². The van der Waals surface area contributed by atoms with Crippen molar-refractivity contribution >= 4 is 0 Å². The minimum Gasteiger partial charge on any atom is -0.171 e. The average molecular weight is 583 g/mol. The molecular formula is C33H68F6. The summed E-state index contributed by atoms with van der Waals surface area (Å²) in [6.07, 6.45) is 1.82. The van der Waals surface area contributed by atoms with E-state index in [1.54, 1.807) is 34.6 Å². The second kappa shape index (κ2) is 26.5. The fraction of sp³-hybridized carbons (Fsp3) is 1.00. The van der Waals surface area contributed by atoms with E-state index in [2.05, 4.69) is 0 Å². The standard InChI is InChI=1S/C7H14.2C6H11F3.C6H12.C6H14.C2H6/c1-7-5-3-2-4-6-7;2*1-3-5(2)4-6(7,8)9;1-6-4-2-3-5-6;1-5-6(2,3)4;1-2/h7H,2-6H2,1H3;2*5H,3-4H2,1-2H3;6H,2-5H2,1H3;5H2,1-4H3;1-2H3/i7D;;;6D;5D2;. The van der Waals surface area contributed by atoms with Crippen LogP contribution in [0.2, 0.25) is 0 Å². The molecule has 2 rings (SSSR count). The lowest BCUT2D eigenvalue weighted by Gasteiger charge is -2.15. The van der Waals surface area contributed by atoms with E-state index in [4.69, 9.17) is 5.48 Å². The molecule has 0 aromatic carbocycles. The molecule has 2 saturated carbocycles. The highest BCUT2D eigenvalue weighted by atomic mass is 19.4. The van der Waals surface area contributed by atoms with Crippen LogP contribution in [0.4, 0.5) is 26.3 Å². The van der Waals surface area contributed by atoms with Crippen molar-refractivity contribution in [2.75, 3.05) is 0 Å². The van der Waals surface area contributed by atoms with Crippen LogP contribution in [-0.4, -0.2) is 12.4 Å². The SMILES string of the molecule is CC.CCC(C)CC(F)(F)F.CCC(C)CC(F)(F)F.[2H]C([2H])(C)C(C)(C)C.[2H]C1(C)CCCC1.[2H]C1(C)CCCCC1. The Morgan fingerprint density at radius 3 is 0.974 bits per heavy atom. The molecule has 2 atom stereocenters. The second-order valence-electron chi connectivity index (χ2n) is 11.8. The smallest absolute Gasteiger partial charge is 0.171 e.